The molecule has 0 fully saturated rings. The first-order valence-corrected chi connectivity index (χ1v) is 6.12. The van der Waals surface area contributed by atoms with Crippen molar-refractivity contribution in [1.29, 1.82) is 0 Å². The van der Waals surface area contributed by atoms with Gasteiger partial charge in [0.05, 0.1) is 10.9 Å². The Hall–Kier alpha value is -3.35. The minimum absolute atomic E-state index is 0.00295. The zero-order valence-corrected chi connectivity index (χ0v) is 10.9. The summed E-state index contributed by atoms with van der Waals surface area (Å²) in [7, 11) is 0. The fraction of sp³-hybridized carbons (Fsp3) is 0. The van der Waals surface area contributed by atoms with Gasteiger partial charge in [0.15, 0.2) is 28.6 Å². The summed E-state index contributed by atoms with van der Waals surface area (Å²) in [4.78, 5) is 12.4. The standard InChI is InChI=1S/C15H10O7/c16-9-2-1-7-12(19)8(5-22-15(7)14(9)21)6-3-10(17)13(20)11(18)4-6/h1-5,16-18,20-21H. The smallest absolute Gasteiger partial charge is 0.201 e. The Morgan fingerprint density at radius 2 is 1.45 bits per heavy atom. The van der Waals surface area contributed by atoms with Crippen LogP contribution in [0.2, 0.25) is 0 Å². The van der Waals surface area contributed by atoms with E-state index >= 15 is 0 Å². The molecule has 112 valence electrons. The van der Waals surface area contributed by atoms with Gasteiger partial charge in [0.1, 0.15) is 6.26 Å². The molecule has 0 bridgehead atoms. The lowest BCUT2D eigenvalue weighted by molar-refractivity contribution is 0.368. The van der Waals surface area contributed by atoms with Crippen LogP contribution in [0.3, 0.4) is 0 Å². The van der Waals surface area contributed by atoms with Gasteiger partial charge in [-0.15, -0.1) is 0 Å². The van der Waals surface area contributed by atoms with Crippen LogP contribution in [0.5, 0.6) is 28.7 Å². The molecule has 0 radical (unpaired) electrons. The van der Waals surface area contributed by atoms with Gasteiger partial charge < -0.3 is 29.9 Å². The van der Waals surface area contributed by atoms with Crippen LogP contribution in [0.15, 0.2) is 39.7 Å². The number of fused-ring (bicyclic) bond motifs is 1. The second kappa shape index (κ2) is 4.59. The van der Waals surface area contributed by atoms with Gasteiger partial charge in [0, 0.05) is 0 Å². The highest BCUT2D eigenvalue weighted by atomic mass is 16.4. The largest absolute Gasteiger partial charge is 0.504 e. The first-order valence-electron chi connectivity index (χ1n) is 6.12. The van der Waals surface area contributed by atoms with Gasteiger partial charge >= 0.3 is 0 Å². The molecule has 0 saturated heterocycles. The van der Waals surface area contributed by atoms with Gasteiger partial charge in [-0.3, -0.25) is 4.79 Å². The summed E-state index contributed by atoms with van der Waals surface area (Å²) in [6.45, 7) is 0. The molecule has 22 heavy (non-hydrogen) atoms. The van der Waals surface area contributed by atoms with Gasteiger partial charge in [0.2, 0.25) is 11.2 Å². The molecule has 0 saturated carbocycles. The Balaban J connectivity index is 2.32. The number of benzene rings is 2. The number of hydrogen-bond acceptors (Lipinski definition) is 7. The third-order valence-electron chi connectivity index (χ3n) is 3.27. The number of hydrogen-bond donors (Lipinski definition) is 5. The summed E-state index contributed by atoms with van der Waals surface area (Å²) in [6.07, 6.45) is 1.02. The van der Waals surface area contributed by atoms with E-state index in [-0.39, 0.29) is 22.1 Å². The number of rotatable bonds is 1. The molecule has 0 spiro atoms. The fourth-order valence-corrected chi connectivity index (χ4v) is 2.13. The number of phenolic OH excluding ortho intramolecular Hbond substituents is 5. The van der Waals surface area contributed by atoms with E-state index in [1.165, 1.54) is 6.07 Å². The fourth-order valence-electron chi connectivity index (χ4n) is 2.13. The van der Waals surface area contributed by atoms with Gasteiger partial charge in [-0.1, -0.05) is 0 Å². The van der Waals surface area contributed by atoms with Crippen LogP contribution in [-0.4, -0.2) is 25.5 Å². The maximum Gasteiger partial charge on any atom is 0.201 e. The van der Waals surface area contributed by atoms with Crippen LogP contribution in [0.25, 0.3) is 22.1 Å². The molecule has 0 unspecified atom stereocenters. The van der Waals surface area contributed by atoms with Crippen LogP contribution in [-0.2, 0) is 0 Å². The van der Waals surface area contributed by atoms with Crippen LogP contribution in [0.4, 0.5) is 0 Å². The third-order valence-corrected chi connectivity index (χ3v) is 3.27. The molecule has 5 N–H and O–H groups in total. The molecule has 3 aromatic rings. The molecule has 7 heteroatoms. The van der Waals surface area contributed by atoms with E-state index in [4.69, 9.17) is 4.42 Å². The predicted octanol–water partition coefficient (Wildman–Crippen LogP) is 1.99. The Morgan fingerprint density at radius 1 is 0.818 bits per heavy atom. The molecular weight excluding hydrogens is 292 g/mol. The van der Waals surface area contributed by atoms with E-state index in [0.717, 1.165) is 24.5 Å². The normalized spacial score (nSPS) is 10.9. The molecule has 2 aromatic carbocycles. The average Bonchev–Trinajstić information content (AvgIpc) is 2.48. The Kier molecular flexibility index (Phi) is 2.84. The van der Waals surface area contributed by atoms with E-state index in [9.17, 15) is 30.3 Å². The van der Waals surface area contributed by atoms with Gasteiger partial charge in [0.25, 0.3) is 0 Å². The van der Waals surface area contributed by atoms with E-state index in [2.05, 4.69) is 0 Å². The van der Waals surface area contributed by atoms with Crippen LogP contribution >= 0.6 is 0 Å². The van der Waals surface area contributed by atoms with Crippen LogP contribution < -0.4 is 5.43 Å². The monoisotopic (exact) mass is 302 g/mol. The van der Waals surface area contributed by atoms with Crippen molar-refractivity contribution in [1.82, 2.24) is 0 Å². The molecule has 0 amide bonds. The summed E-state index contributed by atoms with van der Waals surface area (Å²) in [5.41, 5.74) is -0.596. The van der Waals surface area contributed by atoms with Crippen molar-refractivity contribution in [2.45, 2.75) is 0 Å². The maximum atomic E-state index is 12.4. The minimum atomic E-state index is -0.698. The highest BCUT2D eigenvalue weighted by Crippen LogP contribution is 2.39. The molecule has 7 nitrogen and oxygen atoms in total. The van der Waals surface area contributed by atoms with Crippen molar-refractivity contribution in [3.8, 4) is 39.9 Å². The van der Waals surface area contributed by atoms with Crippen molar-refractivity contribution in [3.05, 3.63) is 40.8 Å². The van der Waals surface area contributed by atoms with Crippen LogP contribution in [0.1, 0.15) is 0 Å². The SMILES string of the molecule is O=c1c(-c2cc(O)c(O)c(O)c2)coc2c(O)c(O)ccc12. The van der Waals surface area contributed by atoms with Gasteiger partial charge in [-0.05, 0) is 29.8 Å². The second-order valence-corrected chi connectivity index (χ2v) is 4.65. The van der Waals surface area contributed by atoms with Crippen molar-refractivity contribution in [2.24, 2.45) is 0 Å². The van der Waals surface area contributed by atoms with Crippen molar-refractivity contribution in [2.75, 3.05) is 0 Å². The van der Waals surface area contributed by atoms with Gasteiger partial charge in [-0.2, -0.15) is 0 Å². The van der Waals surface area contributed by atoms with E-state index in [1.807, 2.05) is 0 Å². The predicted molar refractivity (Wildman–Crippen MR) is 76.2 cm³/mol. The summed E-state index contributed by atoms with van der Waals surface area (Å²) in [6, 6.07) is 4.60. The number of phenols is 5. The average molecular weight is 302 g/mol. The molecular formula is C15H10O7. The Bertz CT molecular complexity index is 933. The molecule has 0 atom stereocenters. The van der Waals surface area contributed by atoms with Crippen molar-refractivity contribution < 1.29 is 29.9 Å². The zero-order chi connectivity index (χ0) is 16.0. The number of aromatic hydroxyl groups is 5. The van der Waals surface area contributed by atoms with E-state index in [0.29, 0.717) is 0 Å². The summed E-state index contributed by atoms with van der Waals surface area (Å²) in [5.74, 6) is -2.87. The zero-order valence-electron chi connectivity index (χ0n) is 10.9. The van der Waals surface area contributed by atoms with E-state index in [1.54, 1.807) is 0 Å². The van der Waals surface area contributed by atoms with Crippen molar-refractivity contribution >= 4 is 11.0 Å². The highest BCUT2D eigenvalue weighted by molar-refractivity contribution is 5.88. The first-order chi connectivity index (χ1) is 10.4. The topological polar surface area (TPSA) is 131 Å². The first kappa shape index (κ1) is 13.6. The molecule has 3 rings (SSSR count). The Labute approximate surface area is 122 Å². The summed E-state index contributed by atoms with van der Waals surface area (Å²) in [5, 5.41) is 47.4. The molecule has 0 aliphatic rings. The summed E-state index contributed by atoms with van der Waals surface area (Å²) >= 11 is 0. The molecule has 1 aromatic heterocycles. The lowest BCUT2D eigenvalue weighted by atomic mass is 10.0. The summed E-state index contributed by atoms with van der Waals surface area (Å²) < 4.78 is 5.16. The highest BCUT2D eigenvalue weighted by Gasteiger charge is 2.16. The molecule has 1 heterocycles. The molecule has 0 aliphatic heterocycles. The van der Waals surface area contributed by atoms with Crippen LogP contribution in [0, 0.1) is 0 Å². The quantitative estimate of drug-likeness (QED) is 0.434. The second-order valence-electron chi connectivity index (χ2n) is 4.65. The molecule has 0 aliphatic carbocycles. The minimum Gasteiger partial charge on any atom is -0.504 e. The third kappa shape index (κ3) is 1.87. The van der Waals surface area contributed by atoms with Gasteiger partial charge in [-0.25, -0.2) is 0 Å². The van der Waals surface area contributed by atoms with E-state index < -0.39 is 34.2 Å². The lowest BCUT2D eigenvalue weighted by Crippen LogP contribution is -2.04. The lowest BCUT2D eigenvalue weighted by Gasteiger charge is -2.07. The van der Waals surface area contributed by atoms with Crippen molar-refractivity contribution in [3.63, 3.8) is 0 Å². The Morgan fingerprint density at radius 3 is 2.09 bits per heavy atom. The maximum absolute atomic E-state index is 12.4.